The van der Waals surface area contributed by atoms with Crippen LogP contribution in [0.4, 0.5) is 5.69 Å². The molecule has 0 aromatic heterocycles. The highest BCUT2D eigenvalue weighted by atomic mass is 16.6. The molecule has 0 atom stereocenters. The number of benzene rings is 1. The highest BCUT2D eigenvalue weighted by Crippen LogP contribution is 2.29. The Morgan fingerprint density at radius 3 is 2.50 bits per heavy atom. The van der Waals surface area contributed by atoms with Crippen molar-refractivity contribution in [2.45, 2.75) is 0 Å². The average molecular weight is 240 g/mol. The van der Waals surface area contributed by atoms with E-state index in [4.69, 9.17) is 10.5 Å². The average Bonchev–Trinajstić information content (AvgIpc) is 2.68. The second-order valence-corrected chi connectivity index (χ2v) is 3.41. The lowest BCUT2D eigenvalue weighted by atomic mass is 10.0. The third-order valence-electron chi connectivity index (χ3n) is 2.44. The molecule has 1 heterocycles. The lowest BCUT2D eigenvalue weighted by molar-refractivity contribution is -0.384. The number of non-ortho nitro benzene ring substituents is 1. The maximum atomic E-state index is 11.6. The molecular weight excluding hydrogens is 236 g/mol. The third kappa shape index (κ3) is 1.56. The van der Waals surface area contributed by atoms with Crippen LogP contribution in [0.3, 0.4) is 0 Å². The number of allylic oxidation sites excluding steroid dienone is 1. The minimum absolute atomic E-state index is 0.0173. The van der Waals surface area contributed by atoms with Gasteiger partial charge < -0.3 is 5.32 Å². The van der Waals surface area contributed by atoms with Gasteiger partial charge >= 0.3 is 0 Å². The Kier molecular flexibility index (Phi) is 2.51. The van der Waals surface area contributed by atoms with Crippen LogP contribution in [0.5, 0.6) is 0 Å². The van der Waals surface area contributed by atoms with Crippen LogP contribution < -0.4 is 5.32 Å². The molecule has 1 aliphatic rings. The molecule has 1 aliphatic heterocycles. The second-order valence-electron chi connectivity index (χ2n) is 3.41. The summed E-state index contributed by atoms with van der Waals surface area (Å²) < 4.78 is 0. The van der Waals surface area contributed by atoms with Crippen LogP contribution in [0.25, 0.3) is 5.70 Å². The van der Waals surface area contributed by atoms with Crippen LogP contribution >= 0.6 is 0 Å². The summed E-state index contributed by atoms with van der Waals surface area (Å²) in [5.74, 6) is -0.488. The SMILES string of the molecule is N#CC(C#N)=C1NC(=O)c2ccc([N+](=O)[O-])cc21. The summed E-state index contributed by atoms with van der Waals surface area (Å²) >= 11 is 0. The number of nitrogens with one attached hydrogen (secondary N) is 1. The number of carbonyl (C=O) groups is 1. The molecule has 1 aromatic rings. The van der Waals surface area contributed by atoms with Gasteiger partial charge in [0, 0.05) is 23.3 Å². The first kappa shape index (κ1) is 11.3. The van der Waals surface area contributed by atoms with Crippen LogP contribution in [-0.2, 0) is 0 Å². The molecular formula is C11H4N4O3. The molecule has 0 spiro atoms. The summed E-state index contributed by atoms with van der Waals surface area (Å²) in [7, 11) is 0. The number of hydrogen-bond donors (Lipinski definition) is 1. The van der Waals surface area contributed by atoms with Gasteiger partial charge in [0.25, 0.3) is 11.6 Å². The molecule has 0 aliphatic carbocycles. The van der Waals surface area contributed by atoms with Crippen molar-refractivity contribution >= 4 is 17.3 Å². The molecule has 1 aromatic carbocycles. The molecule has 0 fully saturated rings. The number of hydrogen-bond acceptors (Lipinski definition) is 5. The largest absolute Gasteiger partial charge is 0.320 e. The van der Waals surface area contributed by atoms with Crippen LogP contribution in [0.2, 0.25) is 0 Å². The molecule has 1 N–H and O–H groups in total. The minimum atomic E-state index is -0.612. The molecule has 86 valence electrons. The van der Waals surface area contributed by atoms with E-state index in [0.29, 0.717) is 0 Å². The van der Waals surface area contributed by atoms with Crippen molar-refractivity contribution in [2.24, 2.45) is 0 Å². The van der Waals surface area contributed by atoms with Crippen molar-refractivity contribution in [3.8, 4) is 12.1 Å². The first-order valence-corrected chi connectivity index (χ1v) is 4.73. The Morgan fingerprint density at radius 1 is 1.28 bits per heavy atom. The zero-order valence-corrected chi connectivity index (χ0v) is 8.80. The number of nitrogens with zero attached hydrogens (tertiary/aromatic N) is 3. The Hall–Kier alpha value is -3.19. The van der Waals surface area contributed by atoms with Gasteiger partial charge in [0.1, 0.15) is 12.1 Å². The van der Waals surface area contributed by atoms with Gasteiger partial charge in [-0.1, -0.05) is 0 Å². The Labute approximate surface area is 101 Å². The fourth-order valence-corrected chi connectivity index (χ4v) is 1.63. The Morgan fingerprint density at radius 2 is 1.94 bits per heavy atom. The summed E-state index contributed by atoms with van der Waals surface area (Å²) in [6.07, 6.45) is 0. The van der Waals surface area contributed by atoms with Gasteiger partial charge in [-0.05, 0) is 6.07 Å². The van der Waals surface area contributed by atoms with Crippen LogP contribution in [0.1, 0.15) is 15.9 Å². The van der Waals surface area contributed by atoms with Crippen LogP contribution in [0, 0.1) is 32.8 Å². The summed E-state index contributed by atoms with van der Waals surface area (Å²) in [4.78, 5) is 21.6. The molecule has 0 saturated heterocycles. The zero-order chi connectivity index (χ0) is 13.3. The normalized spacial score (nSPS) is 12.1. The highest BCUT2D eigenvalue weighted by molar-refractivity contribution is 6.10. The lowest BCUT2D eigenvalue weighted by Crippen LogP contribution is -2.13. The third-order valence-corrected chi connectivity index (χ3v) is 2.44. The highest BCUT2D eigenvalue weighted by Gasteiger charge is 2.28. The summed E-state index contributed by atoms with van der Waals surface area (Å²) in [5.41, 5.74) is -0.0739. The van der Waals surface area contributed by atoms with Crippen LogP contribution in [0.15, 0.2) is 23.8 Å². The van der Waals surface area contributed by atoms with E-state index < -0.39 is 10.8 Å². The van der Waals surface area contributed by atoms with E-state index in [1.54, 1.807) is 12.1 Å². The van der Waals surface area contributed by atoms with Gasteiger partial charge in [-0.25, -0.2) is 0 Å². The summed E-state index contributed by atoms with van der Waals surface area (Å²) in [6.45, 7) is 0. The molecule has 18 heavy (non-hydrogen) atoms. The van der Waals surface area contributed by atoms with E-state index in [1.165, 1.54) is 12.1 Å². The molecule has 0 radical (unpaired) electrons. The maximum absolute atomic E-state index is 11.6. The van der Waals surface area contributed by atoms with E-state index in [1.807, 2.05) is 0 Å². The van der Waals surface area contributed by atoms with Crippen molar-refractivity contribution in [2.75, 3.05) is 0 Å². The smallest absolute Gasteiger partial charge is 0.270 e. The van der Waals surface area contributed by atoms with Crippen molar-refractivity contribution in [1.82, 2.24) is 5.32 Å². The van der Waals surface area contributed by atoms with Crippen molar-refractivity contribution in [3.05, 3.63) is 45.0 Å². The second kappa shape index (κ2) is 4.00. The number of rotatable bonds is 1. The standard InChI is InChI=1S/C11H4N4O3/c12-4-6(5-13)10-9-3-7(15(17)18)1-2-8(9)11(16)14-10/h1-3H,(H,14,16). The predicted molar refractivity (Wildman–Crippen MR) is 58.7 cm³/mol. The number of fused-ring (bicyclic) bond motifs is 1. The van der Waals surface area contributed by atoms with Crippen molar-refractivity contribution < 1.29 is 9.72 Å². The van der Waals surface area contributed by atoms with E-state index >= 15 is 0 Å². The summed E-state index contributed by atoms with van der Waals surface area (Å²) in [5, 5.41) is 30.5. The molecule has 2 rings (SSSR count). The number of nitro groups is 1. The molecule has 7 nitrogen and oxygen atoms in total. The quantitative estimate of drug-likeness (QED) is 0.447. The molecule has 0 bridgehead atoms. The molecule has 0 unspecified atom stereocenters. The first-order chi connectivity index (χ1) is 8.58. The summed E-state index contributed by atoms with van der Waals surface area (Å²) in [6, 6.07) is 6.93. The van der Waals surface area contributed by atoms with Gasteiger partial charge in [-0.2, -0.15) is 10.5 Å². The minimum Gasteiger partial charge on any atom is -0.320 e. The van der Waals surface area contributed by atoms with E-state index in [0.717, 1.165) is 6.07 Å². The molecule has 7 heteroatoms. The maximum Gasteiger partial charge on any atom is 0.270 e. The molecule has 1 amide bonds. The number of nitriles is 2. The lowest BCUT2D eigenvalue weighted by Gasteiger charge is -1.98. The Bertz CT molecular complexity index is 675. The van der Waals surface area contributed by atoms with E-state index in [2.05, 4.69) is 5.32 Å². The van der Waals surface area contributed by atoms with Gasteiger partial charge in [-0.15, -0.1) is 0 Å². The van der Waals surface area contributed by atoms with Crippen molar-refractivity contribution in [3.63, 3.8) is 0 Å². The molecule has 0 saturated carbocycles. The monoisotopic (exact) mass is 240 g/mol. The van der Waals surface area contributed by atoms with Gasteiger partial charge in [0.05, 0.1) is 10.6 Å². The topological polar surface area (TPSA) is 120 Å². The number of nitro benzene ring substituents is 1. The fourth-order valence-electron chi connectivity index (χ4n) is 1.63. The predicted octanol–water partition coefficient (Wildman–Crippen LogP) is 1.10. The van der Waals surface area contributed by atoms with E-state index in [-0.39, 0.29) is 28.1 Å². The fraction of sp³-hybridized carbons (Fsp3) is 0. The zero-order valence-electron chi connectivity index (χ0n) is 8.80. The first-order valence-electron chi connectivity index (χ1n) is 4.73. The van der Waals surface area contributed by atoms with Crippen LogP contribution in [-0.4, -0.2) is 10.8 Å². The van der Waals surface area contributed by atoms with E-state index in [9.17, 15) is 14.9 Å². The van der Waals surface area contributed by atoms with Crippen molar-refractivity contribution in [1.29, 1.82) is 10.5 Å². The van der Waals surface area contributed by atoms with Gasteiger partial charge in [0.2, 0.25) is 0 Å². The van der Waals surface area contributed by atoms with Gasteiger partial charge in [-0.3, -0.25) is 14.9 Å². The number of carbonyl (C=O) groups excluding carboxylic acids is 1. The Balaban J connectivity index is 2.72. The van der Waals surface area contributed by atoms with Gasteiger partial charge in [0.15, 0.2) is 5.57 Å². The number of amides is 1.